The first kappa shape index (κ1) is 11.2. The van der Waals surface area contributed by atoms with E-state index < -0.39 is 23.4 Å². The summed E-state index contributed by atoms with van der Waals surface area (Å²) in [5, 5.41) is 10.0. The predicted octanol–water partition coefficient (Wildman–Crippen LogP) is 1.05. The van der Waals surface area contributed by atoms with Gasteiger partial charge in [-0.2, -0.15) is 4.98 Å². The zero-order chi connectivity index (χ0) is 11.6. The molecule has 0 aliphatic rings. The molecule has 0 atom stereocenters. The summed E-state index contributed by atoms with van der Waals surface area (Å²) in [7, 11) is 0. The van der Waals surface area contributed by atoms with Gasteiger partial charge in [0.15, 0.2) is 11.6 Å². The molecule has 82 valence electrons. The molecule has 0 aliphatic heterocycles. The van der Waals surface area contributed by atoms with Gasteiger partial charge in [-0.25, -0.2) is 14.0 Å². The molecule has 1 rings (SSSR count). The van der Waals surface area contributed by atoms with Gasteiger partial charge in [0, 0.05) is 12.2 Å². The van der Waals surface area contributed by atoms with Crippen LogP contribution in [0.1, 0.15) is 19.9 Å². The molecular formula is C8H10FN3O3. The number of hydrogen-bond donors (Lipinski definition) is 2. The minimum absolute atomic E-state index is 0.238. The van der Waals surface area contributed by atoms with Crippen molar-refractivity contribution in [3.63, 3.8) is 0 Å². The number of aromatic nitrogens is 2. The molecule has 0 saturated heterocycles. The van der Waals surface area contributed by atoms with E-state index in [0.717, 1.165) is 10.8 Å². The average Bonchev–Trinajstić information content (AvgIpc) is 2.09. The predicted molar refractivity (Wildman–Crippen MR) is 50.5 cm³/mol. The van der Waals surface area contributed by atoms with Gasteiger partial charge in [-0.15, -0.1) is 0 Å². The monoisotopic (exact) mass is 215 g/mol. The Morgan fingerprint density at radius 3 is 2.73 bits per heavy atom. The van der Waals surface area contributed by atoms with Crippen molar-refractivity contribution < 1.29 is 14.3 Å². The molecule has 0 spiro atoms. The van der Waals surface area contributed by atoms with E-state index in [1.807, 2.05) is 0 Å². The number of carbonyl (C=O) groups is 1. The molecular weight excluding hydrogens is 205 g/mol. The highest BCUT2D eigenvalue weighted by atomic mass is 19.1. The van der Waals surface area contributed by atoms with E-state index in [0.29, 0.717) is 0 Å². The number of amides is 1. The lowest BCUT2D eigenvalue weighted by Crippen LogP contribution is -2.27. The van der Waals surface area contributed by atoms with Gasteiger partial charge in [-0.1, -0.05) is 0 Å². The van der Waals surface area contributed by atoms with Crippen LogP contribution in [-0.2, 0) is 0 Å². The fourth-order valence-corrected chi connectivity index (χ4v) is 1.00. The molecule has 0 unspecified atom stereocenters. The lowest BCUT2D eigenvalue weighted by molar-refractivity contribution is 0.209. The molecule has 1 aromatic heterocycles. The van der Waals surface area contributed by atoms with E-state index in [2.05, 4.69) is 4.98 Å². The molecule has 1 heterocycles. The van der Waals surface area contributed by atoms with Gasteiger partial charge >= 0.3 is 11.8 Å². The van der Waals surface area contributed by atoms with Gasteiger partial charge in [-0.3, -0.25) is 9.88 Å². The normalized spacial score (nSPS) is 10.4. The van der Waals surface area contributed by atoms with Crippen LogP contribution >= 0.6 is 0 Å². The molecule has 0 bridgehead atoms. The summed E-state index contributed by atoms with van der Waals surface area (Å²) >= 11 is 0. The Morgan fingerprint density at radius 2 is 2.27 bits per heavy atom. The maximum absolute atomic E-state index is 13.2. The third-order valence-corrected chi connectivity index (χ3v) is 1.69. The van der Waals surface area contributed by atoms with Crippen LogP contribution < -0.4 is 11.0 Å². The molecule has 0 aliphatic carbocycles. The Morgan fingerprint density at radius 1 is 1.67 bits per heavy atom. The Kier molecular flexibility index (Phi) is 3.03. The maximum atomic E-state index is 13.2. The Hall–Kier alpha value is -1.92. The van der Waals surface area contributed by atoms with E-state index in [9.17, 15) is 14.0 Å². The fourth-order valence-electron chi connectivity index (χ4n) is 1.00. The number of halogens is 1. The van der Waals surface area contributed by atoms with Crippen LogP contribution in [0.3, 0.4) is 0 Å². The summed E-state index contributed by atoms with van der Waals surface area (Å²) in [6, 6.07) is -0.238. The van der Waals surface area contributed by atoms with Crippen LogP contribution in [0, 0.1) is 5.82 Å². The summed E-state index contributed by atoms with van der Waals surface area (Å²) in [5.41, 5.74) is -0.699. The van der Waals surface area contributed by atoms with Gasteiger partial charge in [0.05, 0.1) is 0 Å². The van der Waals surface area contributed by atoms with Gasteiger partial charge in [0.1, 0.15) is 0 Å². The number of nitrogens with zero attached hydrogens (tertiary/aromatic N) is 2. The smallest absolute Gasteiger partial charge is 0.410 e. The molecule has 7 heteroatoms. The number of nitrogens with one attached hydrogen (secondary N) is 1. The van der Waals surface area contributed by atoms with Gasteiger partial charge < -0.3 is 5.11 Å². The summed E-state index contributed by atoms with van der Waals surface area (Å²) in [6.07, 6.45) is -0.547. The minimum Gasteiger partial charge on any atom is -0.465 e. The van der Waals surface area contributed by atoms with Crippen molar-refractivity contribution in [2.45, 2.75) is 19.9 Å². The second-order valence-corrected chi connectivity index (χ2v) is 3.15. The van der Waals surface area contributed by atoms with Crippen LogP contribution in [0.15, 0.2) is 11.0 Å². The summed E-state index contributed by atoms with van der Waals surface area (Å²) in [6.45, 7) is 3.37. The number of rotatable bonds is 2. The highest BCUT2D eigenvalue weighted by molar-refractivity contribution is 5.81. The van der Waals surface area contributed by atoms with Crippen LogP contribution in [0.25, 0.3) is 0 Å². The third-order valence-electron chi connectivity index (χ3n) is 1.69. The zero-order valence-electron chi connectivity index (χ0n) is 8.19. The molecule has 0 fully saturated rings. The van der Waals surface area contributed by atoms with Crippen molar-refractivity contribution in [2.75, 3.05) is 5.32 Å². The average molecular weight is 215 g/mol. The topological polar surface area (TPSA) is 84.2 Å². The number of anilines is 1. The first-order chi connectivity index (χ1) is 6.91. The van der Waals surface area contributed by atoms with Gasteiger partial charge in [0.2, 0.25) is 0 Å². The number of hydrogen-bond acceptors (Lipinski definition) is 3. The minimum atomic E-state index is -1.47. The molecule has 0 radical (unpaired) electrons. The van der Waals surface area contributed by atoms with Crippen molar-refractivity contribution in [3.8, 4) is 0 Å². The molecule has 1 amide bonds. The highest BCUT2D eigenvalue weighted by Crippen LogP contribution is 2.09. The van der Waals surface area contributed by atoms with Crippen molar-refractivity contribution in [3.05, 3.63) is 22.5 Å². The zero-order valence-corrected chi connectivity index (χ0v) is 8.19. The van der Waals surface area contributed by atoms with Gasteiger partial charge in [0.25, 0.3) is 0 Å². The molecule has 2 N–H and O–H groups in total. The van der Waals surface area contributed by atoms with Crippen molar-refractivity contribution >= 4 is 11.9 Å². The fraction of sp³-hybridized carbons (Fsp3) is 0.375. The third kappa shape index (κ3) is 2.52. The van der Waals surface area contributed by atoms with E-state index in [1.165, 1.54) is 0 Å². The largest absolute Gasteiger partial charge is 0.465 e. The Balaban J connectivity index is 3.20. The standard InChI is InChI=1S/C8H10FN3O3/c1-4(2)12-3-5(9)6(10-7(12)13)11-8(14)15/h3-4H,1-2H3,(H,14,15)(H,10,11,13). The van der Waals surface area contributed by atoms with E-state index in [1.54, 1.807) is 19.2 Å². The van der Waals surface area contributed by atoms with E-state index >= 15 is 0 Å². The molecule has 1 aromatic rings. The van der Waals surface area contributed by atoms with Crippen LogP contribution in [-0.4, -0.2) is 20.8 Å². The second-order valence-electron chi connectivity index (χ2n) is 3.15. The molecule has 0 saturated carbocycles. The first-order valence-corrected chi connectivity index (χ1v) is 4.20. The van der Waals surface area contributed by atoms with Crippen molar-refractivity contribution in [1.29, 1.82) is 0 Å². The molecule has 0 aromatic carbocycles. The van der Waals surface area contributed by atoms with E-state index in [-0.39, 0.29) is 6.04 Å². The second kappa shape index (κ2) is 4.07. The highest BCUT2D eigenvalue weighted by Gasteiger charge is 2.11. The van der Waals surface area contributed by atoms with Crippen LogP contribution in [0.4, 0.5) is 15.0 Å². The number of carboxylic acid groups (broad SMARTS) is 1. The molecule has 15 heavy (non-hydrogen) atoms. The SMILES string of the molecule is CC(C)n1cc(F)c(NC(=O)O)nc1=O. The van der Waals surface area contributed by atoms with Crippen molar-refractivity contribution in [2.24, 2.45) is 0 Å². The molecule has 6 nitrogen and oxygen atoms in total. The quantitative estimate of drug-likeness (QED) is 0.772. The summed E-state index contributed by atoms with van der Waals surface area (Å²) in [5.74, 6) is -1.46. The first-order valence-electron chi connectivity index (χ1n) is 4.20. The lowest BCUT2D eigenvalue weighted by Gasteiger charge is -2.09. The lowest BCUT2D eigenvalue weighted by atomic mass is 10.4. The Bertz CT molecular complexity index is 441. The maximum Gasteiger partial charge on any atom is 0.410 e. The van der Waals surface area contributed by atoms with Gasteiger partial charge in [-0.05, 0) is 13.8 Å². The van der Waals surface area contributed by atoms with E-state index in [4.69, 9.17) is 5.11 Å². The van der Waals surface area contributed by atoms with Crippen LogP contribution in [0.5, 0.6) is 0 Å². The van der Waals surface area contributed by atoms with Crippen molar-refractivity contribution in [1.82, 2.24) is 9.55 Å². The van der Waals surface area contributed by atoms with Crippen LogP contribution in [0.2, 0.25) is 0 Å². The summed E-state index contributed by atoms with van der Waals surface area (Å²) in [4.78, 5) is 24.8. The summed E-state index contributed by atoms with van der Waals surface area (Å²) < 4.78 is 14.3. The Labute approximate surface area is 84.4 Å².